The molecule has 0 spiro atoms. The van der Waals surface area contributed by atoms with Gasteiger partial charge in [-0.15, -0.1) is 24.0 Å². The summed E-state index contributed by atoms with van der Waals surface area (Å²) in [6, 6.07) is 10.1. The molecule has 0 aliphatic heterocycles. The molecule has 24 heavy (non-hydrogen) atoms. The van der Waals surface area contributed by atoms with Crippen molar-refractivity contribution in [1.82, 2.24) is 16.0 Å². The number of benzene rings is 1. The minimum absolute atomic E-state index is 0. The fourth-order valence-electron chi connectivity index (χ4n) is 1.96. The first-order chi connectivity index (χ1) is 11.3. The Morgan fingerprint density at radius 3 is 2.54 bits per heavy atom. The van der Waals surface area contributed by atoms with Crippen molar-refractivity contribution in [3.63, 3.8) is 0 Å². The van der Waals surface area contributed by atoms with E-state index in [0.717, 1.165) is 32.6 Å². The monoisotopic (exact) mass is 448 g/mol. The summed E-state index contributed by atoms with van der Waals surface area (Å²) < 4.78 is 5.26. The fraction of sp³-hybridized carbons (Fsp3) is 0.529. The lowest BCUT2D eigenvalue weighted by atomic mass is 10.1. The number of carbonyl (C=O) groups is 1. The third-order valence-electron chi connectivity index (χ3n) is 3.18. The molecule has 0 atom stereocenters. The largest absolute Gasteiger partial charge is 0.382 e. The highest BCUT2D eigenvalue weighted by molar-refractivity contribution is 14.0. The van der Waals surface area contributed by atoms with E-state index in [2.05, 4.69) is 33.1 Å². The maximum absolute atomic E-state index is 11.8. The zero-order chi connectivity index (χ0) is 16.8. The maximum atomic E-state index is 11.8. The standard InChI is InChI=1S/C17H28N4O2.HI/c1-3-23-13-7-11-20-17(18-2)21-14-16(22)19-12-10-15-8-5-4-6-9-15;/h4-6,8-9H,3,7,10-14H2,1-2H3,(H,19,22)(H2,18,20,21);1H. The number of aliphatic imine (C=N–C) groups is 1. The summed E-state index contributed by atoms with van der Waals surface area (Å²) in [5.74, 6) is 0.581. The van der Waals surface area contributed by atoms with Crippen LogP contribution in [0.4, 0.5) is 0 Å². The number of nitrogens with zero attached hydrogens (tertiary/aromatic N) is 1. The molecule has 0 aliphatic carbocycles. The average molecular weight is 448 g/mol. The molecule has 0 aliphatic rings. The Kier molecular flexibility index (Phi) is 14.3. The van der Waals surface area contributed by atoms with Crippen molar-refractivity contribution in [3.05, 3.63) is 35.9 Å². The van der Waals surface area contributed by atoms with E-state index >= 15 is 0 Å². The molecule has 6 nitrogen and oxygen atoms in total. The van der Waals surface area contributed by atoms with Crippen molar-refractivity contribution in [2.24, 2.45) is 4.99 Å². The van der Waals surface area contributed by atoms with Gasteiger partial charge >= 0.3 is 0 Å². The molecule has 0 heterocycles. The first-order valence-electron chi connectivity index (χ1n) is 8.09. The lowest BCUT2D eigenvalue weighted by Gasteiger charge is -2.12. The van der Waals surface area contributed by atoms with Gasteiger partial charge in [0.05, 0.1) is 6.54 Å². The number of nitrogens with one attached hydrogen (secondary N) is 3. The second-order valence-corrected chi connectivity index (χ2v) is 4.99. The predicted molar refractivity (Wildman–Crippen MR) is 109 cm³/mol. The van der Waals surface area contributed by atoms with Crippen molar-refractivity contribution in [2.45, 2.75) is 19.8 Å². The van der Waals surface area contributed by atoms with Gasteiger partial charge in [-0.25, -0.2) is 0 Å². The van der Waals surface area contributed by atoms with Crippen LogP contribution in [0.5, 0.6) is 0 Å². The highest BCUT2D eigenvalue weighted by Crippen LogP contribution is 1.97. The van der Waals surface area contributed by atoms with Gasteiger partial charge in [0.15, 0.2) is 5.96 Å². The number of halogens is 1. The van der Waals surface area contributed by atoms with E-state index in [1.165, 1.54) is 5.56 Å². The van der Waals surface area contributed by atoms with Crippen LogP contribution in [0, 0.1) is 0 Å². The number of carbonyl (C=O) groups excluding carboxylic acids is 1. The van der Waals surface area contributed by atoms with E-state index in [1.54, 1.807) is 7.05 Å². The van der Waals surface area contributed by atoms with E-state index in [9.17, 15) is 4.79 Å². The SMILES string of the molecule is CCOCCCNC(=NC)NCC(=O)NCCc1ccccc1.I. The number of hydrogen-bond acceptors (Lipinski definition) is 3. The van der Waals surface area contributed by atoms with Crippen LogP contribution in [0.25, 0.3) is 0 Å². The summed E-state index contributed by atoms with van der Waals surface area (Å²) in [4.78, 5) is 15.9. The minimum atomic E-state index is -0.0433. The molecule has 7 heteroatoms. The molecule has 1 rings (SSSR count). The number of hydrogen-bond donors (Lipinski definition) is 3. The predicted octanol–water partition coefficient (Wildman–Crippen LogP) is 1.55. The lowest BCUT2D eigenvalue weighted by molar-refractivity contribution is -0.119. The van der Waals surface area contributed by atoms with Gasteiger partial charge in [-0.3, -0.25) is 9.79 Å². The maximum Gasteiger partial charge on any atom is 0.239 e. The van der Waals surface area contributed by atoms with Crippen LogP contribution in [-0.2, 0) is 16.0 Å². The van der Waals surface area contributed by atoms with Crippen molar-refractivity contribution in [2.75, 3.05) is 39.9 Å². The van der Waals surface area contributed by atoms with Crippen LogP contribution in [0.1, 0.15) is 18.9 Å². The normalized spacial score (nSPS) is 10.7. The number of rotatable bonds is 10. The molecule has 3 N–H and O–H groups in total. The van der Waals surface area contributed by atoms with Crippen molar-refractivity contribution < 1.29 is 9.53 Å². The molecule has 1 amide bonds. The van der Waals surface area contributed by atoms with E-state index in [1.807, 2.05) is 25.1 Å². The number of amides is 1. The first-order valence-corrected chi connectivity index (χ1v) is 8.09. The van der Waals surface area contributed by atoms with E-state index in [4.69, 9.17) is 4.74 Å². The Hall–Kier alpha value is -1.35. The van der Waals surface area contributed by atoms with Gasteiger partial charge in [0.25, 0.3) is 0 Å². The zero-order valence-electron chi connectivity index (χ0n) is 14.5. The number of ether oxygens (including phenoxy) is 1. The second-order valence-electron chi connectivity index (χ2n) is 4.99. The Labute approximate surface area is 161 Å². The Morgan fingerprint density at radius 2 is 1.88 bits per heavy atom. The molecule has 0 radical (unpaired) electrons. The van der Waals surface area contributed by atoms with Gasteiger partial charge in [-0.05, 0) is 25.3 Å². The van der Waals surface area contributed by atoms with Crippen molar-refractivity contribution in [1.29, 1.82) is 0 Å². The van der Waals surface area contributed by atoms with Crippen molar-refractivity contribution in [3.8, 4) is 0 Å². The topological polar surface area (TPSA) is 74.8 Å². The quantitative estimate of drug-likeness (QED) is 0.220. The van der Waals surface area contributed by atoms with Gasteiger partial charge in [0.1, 0.15) is 0 Å². The van der Waals surface area contributed by atoms with E-state index in [-0.39, 0.29) is 36.4 Å². The van der Waals surface area contributed by atoms with Gasteiger partial charge in [-0.2, -0.15) is 0 Å². The van der Waals surface area contributed by atoms with Gasteiger partial charge in [-0.1, -0.05) is 30.3 Å². The van der Waals surface area contributed by atoms with Crippen LogP contribution in [0.3, 0.4) is 0 Å². The molecule has 0 saturated heterocycles. The van der Waals surface area contributed by atoms with Gasteiger partial charge in [0.2, 0.25) is 5.91 Å². The summed E-state index contributed by atoms with van der Waals surface area (Å²) in [6.07, 6.45) is 1.73. The van der Waals surface area contributed by atoms with E-state index in [0.29, 0.717) is 12.5 Å². The Morgan fingerprint density at radius 1 is 1.12 bits per heavy atom. The second kappa shape index (κ2) is 15.2. The molecule has 0 aromatic heterocycles. The molecule has 1 aromatic rings. The lowest BCUT2D eigenvalue weighted by Crippen LogP contribution is -2.43. The first kappa shape index (κ1) is 22.6. The molecule has 0 bridgehead atoms. The molecule has 0 fully saturated rings. The molecular weight excluding hydrogens is 419 g/mol. The third kappa shape index (κ3) is 11.2. The molecule has 136 valence electrons. The molecule has 0 unspecified atom stereocenters. The number of guanidine groups is 1. The fourth-order valence-corrected chi connectivity index (χ4v) is 1.96. The summed E-state index contributed by atoms with van der Waals surface area (Å²) in [6.45, 7) is 5.03. The van der Waals surface area contributed by atoms with Crippen molar-refractivity contribution >= 4 is 35.8 Å². The van der Waals surface area contributed by atoms with E-state index < -0.39 is 0 Å². The third-order valence-corrected chi connectivity index (χ3v) is 3.18. The summed E-state index contributed by atoms with van der Waals surface area (Å²) in [7, 11) is 1.69. The van der Waals surface area contributed by atoms with Crippen LogP contribution in [-0.4, -0.2) is 51.8 Å². The van der Waals surface area contributed by atoms with Crippen LogP contribution >= 0.6 is 24.0 Å². The zero-order valence-corrected chi connectivity index (χ0v) is 16.8. The Balaban J connectivity index is 0.00000529. The van der Waals surface area contributed by atoms with Crippen LogP contribution in [0.2, 0.25) is 0 Å². The average Bonchev–Trinajstić information content (AvgIpc) is 2.58. The van der Waals surface area contributed by atoms with Gasteiger partial charge < -0.3 is 20.7 Å². The van der Waals surface area contributed by atoms with Crippen LogP contribution < -0.4 is 16.0 Å². The summed E-state index contributed by atoms with van der Waals surface area (Å²) >= 11 is 0. The summed E-state index contributed by atoms with van der Waals surface area (Å²) in [5, 5.41) is 9.03. The van der Waals surface area contributed by atoms with Crippen LogP contribution in [0.15, 0.2) is 35.3 Å². The smallest absolute Gasteiger partial charge is 0.239 e. The summed E-state index contributed by atoms with van der Waals surface area (Å²) in [5.41, 5.74) is 1.22. The molecule has 0 saturated carbocycles. The highest BCUT2D eigenvalue weighted by Gasteiger charge is 2.03. The highest BCUT2D eigenvalue weighted by atomic mass is 127. The Bertz CT molecular complexity index is 469. The molecular formula is C17H29IN4O2. The minimum Gasteiger partial charge on any atom is -0.382 e. The van der Waals surface area contributed by atoms with Gasteiger partial charge in [0, 0.05) is 33.4 Å². The molecule has 1 aromatic carbocycles.